The third-order valence-electron chi connectivity index (χ3n) is 4.21. The van der Waals surface area contributed by atoms with Crippen LogP contribution in [-0.4, -0.2) is 15.6 Å². The molecular weight excluding hydrogens is 478 g/mol. The SMILES string of the molecule is CC1(F)C=C(F)C(c2nc(Nc3cc(CCl)cc(S(F)(F)(F)(F)F)c3)ncc2F)=CC1. The highest BCUT2D eigenvalue weighted by molar-refractivity contribution is 8.45. The first-order valence-corrected chi connectivity index (χ1v) is 11.0. The lowest BCUT2D eigenvalue weighted by molar-refractivity contribution is 0.255. The Hall–Kier alpha value is -2.34. The van der Waals surface area contributed by atoms with Crippen LogP contribution in [0.3, 0.4) is 0 Å². The number of benzene rings is 1. The highest BCUT2D eigenvalue weighted by Crippen LogP contribution is 3.02. The fourth-order valence-electron chi connectivity index (χ4n) is 2.79. The van der Waals surface area contributed by atoms with Crippen molar-refractivity contribution in [2.24, 2.45) is 0 Å². The van der Waals surface area contributed by atoms with Crippen molar-refractivity contribution in [3.63, 3.8) is 0 Å². The van der Waals surface area contributed by atoms with Crippen LogP contribution in [-0.2, 0) is 5.88 Å². The number of hydrogen-bond acceptors (Lipinski definition) is 3. The summed E-state index contributed by atoms with van der Waals surface area (Å²) >= 11 is 5.51. The Morgan fingerprint density at radius 1 is 1.13 bits per heavy atom. The Morgan fingerprint density at radius 3 is 2.39 bits per heavy atom. The quantitative estimate of drug-likeness (QED) is 0.339. The van der Waals surface area contributed by atoms with Gasteiger partial charge in [-0.3, -0.25) is 0 Å². The molecule has 1 aromatic heterocycles. The summed E-state index contributed by atoms with van der Waals surface area (Å²) in [5, 5.41) is 2.26. The largest absolute Gasteiger partial charge is 0.324 e. The second-order valence-corrected chi connectivity index (χ2v) is 9.75. The Labute approximate surface area is 176 Å². The van der Waals surface area contributed by atoms with Gasteiger partial charge in [-0.1, -0.05) is 25.5 Å². The summed E-state index contributed by atoms with van der Waals surface area (Å²) in [6.45, 7) is 1.11. The van der Waals surface area contributed by atoms with Gasteiger partial charge in [-0.05, 0) is 36.8 Å². The molecule has 170 valence electrons. The van der Waals surface area contributed by atoms with Gasteiger partial charge in [0.1, 0.15) is 22.1 Å². The molecule has 1 heterocycles. The van der Waals surface area contributed by atoms with Crippen LogP contribution >= 0.6 is 21.8 Å². The summed E-state index contributed by atoms with van der Waals surface area (Å²) in [4.78, 5) is 5.06. The van der Waals surface area contributed by atoms with Gasteiger partial charge in [-0.2, -0.15) is 0 Å². The van der Waals surface area contributed by atoms with Crippen LogP contribution in [0.5, 0.6) is 0 Å². The summed E-state index contributed by atoms with van der Waals surface area (Å²) in [6.07, 6.45) is 2.05. The van der Waals surface area contributed by atoms with E-state index >= 15 is 0 Å². The van der Waals surface area contributed by atoms with Gasteiger partial charge >= 0.3 is 10.2 Å². The molecule has 2 aromatic rings. The van der Waals surface area contributed by atoms with Gasteiger partial charge in [0.25, 0.3) is 0 Å². The molecule has 3 rings (SSSR count). The maximum absolute atomic E-state index is 14.2. The monoisotopic (exact) mass is 491 g/mol. The van der Waals surface area contributed by atoms with Crippen molar-refractivity contribution >= 4 is 39.0 Å². The number of nitrogens with one attached hydrogen (secondary N) is 1. The molecule has 1 unspecified atom stereocenters. The number of nitrogens with zero attached hydrogens (tertiary/aromatic N) is 2. The van der Waals surface area contributed by atoms with Crippen molar-refractivity contribution in [2.75, 3.05) is 5.32 Å². The second-order valence-electron chi connectivity index (χ2n) is 7.08. The first kappa shape index (κ1) is 23.3. The third kappa shape index (κ3) is 5.48. The fraction of sp³-hybridized carbons (Fsp3) is 0.222. The molecule has 0 fully saturated rings. The van der Waals surface area contributed by atoms with Crippen LogP contribution in [0.1, 0.15) is 24.6 Å². The van der Waals surface area contributed by atoms with E-state index in [4.69, 9.17) is 11.6 Å². The number of halogens is 9. The number of rotatable bonds is 5. The minimum absolute atomic E-state index is 0.138. The van der Waals surface area contributed by atoms with Crippen LogP contribution in [0, 0.1) is 5.82 Å². The average molecular weight is 492 g/mol. The molecule has 1 aromatic carbocycles. The van der Waals surface area contributed by atoms with Gasteiger partial charge in [-0.25, -0.2) is 23.1 Å². The van der Waals surface area contributed by atoms with Crippen LogP contribution in [0.2, 0.25) is 0 Å². The number of hydrogen-bond donors (Lipinski definition) is 1. The molecule has 1 atom stereocenters. The molecule has 3 nitrogen and oxygen atoms in total. The van der Waals surface area contributed by atoms with Crippen molar-refractivity contribution in [1.29, 1.82) is 0 Å². The highest BCUT2D eigenvalue weighted by atomic mass is 35.5. The summed E-state index contributed by atoms with van der Waals surface area (Å²) in [7, 11) is -10.0. The molecule has 0 radical (unpaired) electrons. The Balaban J connectivity index is 2.01. The average Bonchev–Trinajstić information content (AvgIpc) is 2.61. The molecule has 1 aliphatic carbocycles. The number of alkyl halides is 2. The lowest BCUT2D eigenvalue weighted by atomic mass is 9.93. The third-order valence-corrected chi connectivity index (χ3v) is 5.65. The standard InChI is InChI=1S/C18H14ClF8N3S/c1-18(22)3-2-13(14(20)7-18)16-15(21)9-28-17(30-16)29-11-4-10(8-19)5-12(6-11)31(23,24,25,26)27/h2,4-7,9H,3,8H2,1H3,(H,28,29,30). The molecule has 0 bridgehead atoms. The Kier molecular flexibility index (Phi) is 5.14. The van der Waals surface area contributed by atoms with Gasteiger partial charge in [0, 0.05) is 23.6 Å². The summed E-state index contributed by atoms with van der Waals surface area (Å²) < 4.78 is 108. The predicted octanol–water partition coefficient (Wildman–Crippen LogP) is 8.12. The van der Waals surface area contributed by atoms with E-state index in [1.165, 1.54) is 0 Å². The number of allylic oxidation sites excluding steroid dienone is 4. The first-order chi connectivity index (χ1) is 14.0. The van der Waals surface area contributed by atoms with E-state index in [1.807, 2.05) is 0 Å². The Morgan fingerprint density at radius 2 is 1.81 bits per heavy atom. The molecule has 0 amide bonds. The van der Waals surface area contributed by atoms with Gasteiger partial charge in [0.15, 0.2) is 5.82 Å². The number of anilines is 2. The normalized spacial score (nSPS) is 21.6. The minimum Gasteiger partial charge on any atom is -0.324 e. The summed E-state index contributed by atoms with van der Waals surface area (Å²) in [5.41, 5.74) is -3.71. The van der Waals surface area contributed by atoms with Crippen LogP contribution in [0.25, 0.3) is 5.57 Å². The highest BCUT2D eigenvalue weighted by Gasteiger charge is 2.65. The van der Waals surface area contributed by atoms with Gasteiger partial charge in [0.05, 0.1) is 6.20 Å². The van der Waals surface area contributed by atoms with Crippen LogP contribution in [0.4, 0.5) is 44.2 Å². The summed E-state index contributed by atoms with van der Waals surface area (Å²) in [6, 6.07) is 1.40. The van der Waals surface area contributed by atoms with E-state index in [9.17, 15) is 32.6 Å². The van der Waals surface area contributed by atoms with E-state index in [1.54, 1.807) is 0 Å². The topological polar surface area (TPSA) is 37.8 Å². The van der Waals surface area contributed by atoms with Crippen molar-refractivity contribution in [3.05, 3.63) is 59.4 Å². The maximum Gasteiger partial charge on any atom is 0.310 e. The zero-order chi connectivity index (χ0) is 23.3. The lowest BCUT2D eigenvalue weighted by Gasteiger charge is -2.40. The molecule has 13 heteroatoms. The van der Waals surface area contributed by atoms with Crippen molar-refractivity contribution in [3.8, 4) is 0 Å². The van der Waals surface area contributed by atoms with E-state index in [0.717, 1.165) is 19.1 Å². The molecule has 0 saturated carbocycles. The summed E-state index contributed by atoms with van der Waals surface area (Å²) in [5.74, 6) is -3.17. The van der Waals surface area contributed by atoms with Gasteiger partial charge in [-0.15, -0.1) is 11.6 Å². The van der Waals surface area contributed by atoms with Gasteiger partial charge < -0.3 is 5.32 Å². The smallest absolute Gasteiger partial charge is 0.310 e. The minimum atomic E-state index is -10.0. The fourth-order valence-corrected chi connectivity index (χ4v) is 3.67. The van der Waals surface area contributed by atoms with Crippen molar-refractivity contribution in [1.82, 2.24) is 9.97 Å². The zero-order valence-corrected chi connectivity index (χ0v) is 17.2. The van der Waals surface area contributed by atoms with Gasteiger partial charge in [0.2, 0.25) is 5.95 Å². The molecule has 0 spiro atoms. The zero-order valence-electron chi connectivity index (χ0n) is 15.6. The van der Waals surface area contributed by atoms with E-state index in [2.05, 4.69) is 15.3 Å². The molecular formula is C18H14ClF8N3S. The maximum atomic E-state index is 14.2. The Bertz CT molecular complexity index is 1110. The number of aromatic nitrogens is 2. The van der Waals surface area contributed by atoms with Crippen molar-refractivity contribution < 1.29 is 32.6 Å². The molecule has 0 saturated heterocycles. The van der Waals surface area contributed by atoms with E-state index in [0.29, 0.717) is 12.3 Å². The van der Waals surface area contributed by atoms with Crippen LogP contribution < -0.4 is 5.32 Å². The van der Waals surface area contributed by atoms with E-state index in [-0.39, 0.29) is 29.7 Å². The first-order valence-electron chi connectivity index (χ1n) is 8.49. The van der Waals surface area contributed by atoms with Crippen molar-refractivity contribution in [2.45, 2.75) is 29.8 Å². The lowest BCUT2D eigenvalue weighted by Crippen LogP contribution is -2.17. The molecule has 0 aliphatic heterocycles. The molecule has 1 aliphatic rings. The molecule has 31 heavy (non-hydrogen) atoms. The van der Waals surface area contributed by atoms with Crippen LogP contribution in [0.15, 0.2) is 47.3 Å². The van der Waals surface area contributed by atoms with E-state index < -0.39 is 55.6 Å². The molecule has 1 N–H and O–H groups in total. The second kappa shape index (κ2) is 6.83. The predicted molar refractivity (Wildman–Crippen MR) is 104 cm³/mol.